The highest BCUT2D eigenvalue weighted by atomic mass is 16.5. The van der Waals surface area contributed by atoms with Crippen LogP contribution in [0, 0.1) is 5.92 Å². The van der Waals surface area contributed by atoms with Crippen LogP contribution in [0.2, 0.25) is 0 Å². The number of piperidine rings is 1. The van der Waals surface area contributed by atoms with Gasteiger partial charge in [-0.2, -0.15) is 9.97 Å². The summed E-state index contributed by atoms with van der Waals surface area (Å²) in [5.41, 5.74) is 2.89. The van der Waals surface area contributed by atoms with Gasteiger partial charge in [0.1, 0.15) is 17.8 Å². The second kappa shape index (κ2) is 10.6. The molecule has 7 rings (SSSR count). The molecule has 0 aliphatic carbocycles. The Kier molecular flexibility index (Phi) is 6.93. The van der Waals surface area contributed by atoms with Gasteiger partial charge in [-0.3, -0.25) is 9.47 Å². The van der Waals surface area contributed by atoms with Crippen molar-refractivity contribution in [1.82, 2.24) is 34.0 Å². The average Bonchev–Trinajstić information content (AvgIpc) is 3.71. The van der Waals surface area contributed by atoms with Crippen LogP contribution in [-0.2, 0) is 23.1 Å². The Labute approximate surface area is 240 Å². The van der Waals surface area contributed by atoms with Crippen molar-refractivity contribution in [2.75, 3.05) is 50.9 Å². The molecule has 11 nitrogen and oxygen atoms in total. The van der Waals surface area contributed by atoms with E-state index in [0.29, 0.717) is 25.1 Å². The number of aryl methyl sites for hydroxylation is 1. The Hall–Kier alpha value is -3.12. The van der Waals surface area contributed by atoms with Crippen LogP contribution in [-0.4, -0.2) is 90.7 Å². The lowest BCUT2D eigenvalue weighted by atomic mass is 9.83. The summed E-state index contributed by atoms with van der Waals surface area (Å²) in [7, 11) is 2.06. The van der Waals surface area contributed by atoms with Crippen molar-refractivity contribution >= 4 is 28.0 Å². The van der Waals surface area contributed by atoms with Crippen molar-refractivity contribution in [3.63, 3.8) is 0 Å². The number of aliphatic hydroxyl groups is 1. The molecule has 218 valence electrons. The summed E-state index contributed by atoms with van der Waals surface area (Å²) in [4.78, 5) is 25.2. The highest BCUT2D eigenvalue weighted by Gasteiger charge is 2.32. The van der Waals surface area contributed by atoms with Crippen LogP contribution in [0.3, 0.4) is 0 Å². The molecule has 6 heterocycles. The van der Waals surface area contributed by atoms with E-state index in [-0.39, 0.29) is 6.10 Å². The summed E-state index contributed by atoms with van der Waals surface area (Å²) >= 11 is 0. The highest BCUT2D eigenvalue weighted by Crippen LogP contribution is 2.34. The number of aromatic nitrogens is 6. The number of hydrogen-bond donors (Lipinski definition) is 1. The number of para-hydroxylation sites is 2. The molecule has 3 saturated heterocycles. The molecule has 4 aromatic rings. The third kappa shape index (κ3) is 4.98. The maximum atomic E-state index is 10.5. The Morgan fingerprint density at radius 3 is 2.46 bits per heavy atom. The minimum atomic E-state index is -0.636. The van der Waals surface area contributed by atoms with Gasteiger partial charge < -0.3 is 24.0 Å². The molecule has 1 N–H and O–H groups in total. The van der Waals surface area contributed by atoms with E-state index in [1.54, 1.807) is 0 Å². The standard InChI is InChI=1S/C30H40N8O3/c1-30(2,39)20-10-12-36(13-11-20)19-24-32-25-27(35(24)3)33-29(34-28(25)37-14-17-40-18-15-37)38-22-8-5-4-7-21(22)31-26(38)23-9-6-16-41-23/h4-5,7-8,20,23,39H,6,9-19H2,1-3H3/t23-/m0/s1. The Morgan fingerprint density at radius 1 is 0.951 bits per heavy atom. The fourth-order valence-electron chi connectivity index (χ4n) is 6.57. The lowest BCUT2D eigenvalue weighted by Crippen LogP contribution is -2.41. The number of morpholine rings is 1. The second-order valence-corrected chi connectivity index (χ2v) is 12.2. The van der Waals surface area contributed by atoms with Crippen molar-refractivity contribution in [3.05, 3.63) is 35.9 Å². The number of benzene rings is 1. The van der Waals surface area contributed by atoms with Crippen LogP contribution in [0.5, 0.6) is 0 Å². The minimum absolute atomic E-state index is 0.0811. The first-order valence-corrected chi connectivity index (χ1v) is 15.0. The summed E-state index contributed by atoms with van der Waals surface area (Å²) < 4.78 is 16.0. The molecule has 0 bridgehead atoms. The van der Waals surface area contributed by atoms with E-state index in [9.17, 15) is 5.11 Å². The molecule has 3 aliphatic rings. The molecule has 1 aromatic carbocycles. The molecule has 3 aliphatic heterocycles. The zero-order valence-electron chi connectivity index (χ0n) is 24.3. The number of anilines is 1. The van der Waals surface area contributed by atoms with Gasteiger partial charge >= 0.3 is 0 Å². The number of fused-ring (bicyclic) bond motifs is 2. The zero-order valence-corrected chi connectivity index (χ0v) is 24.3. The van der Waals surface area contributed by atoms with Crippen molar-refractivity contribution in [3.8, 4) is 5.95 Å². The van der Waals surface area contributed by atoms with E-state index in [2.05, 4.69) is 32.0 Å². The number of rotatable bonds is 6. The quantitative estimate of drug-likeness (QED) is 0.380. The monoisotopic (exact) mass is 560 g/mol. The Morgan fingerprint density at radius 2 is 1.73 bits per heavy atom. The lowest BCUT2D eigenvalue weighted by Gasteiger charge is -2.37. The molecule has 3 aromatic heterocycles. The third-order valence-electron chi connectivity index (χ3n) is 9.05. The van der Waals surface area contributed by atoms with Crippen molar-refractivity contribution in [2.45, 2.75) is 57.8 Å². The molecule has 0 amide bonds. The van der Waals surface area contributed by atoms with Gasteiger partial charge in [0.05, 0.1) is 36.4 Å². The molecule has 0 spiro atoms. The molecule has 0 saturated carbocycles. The lowest BCUT2D eigenvalue weighted by molar-refractivity contribution is -0.0139. The van der Waals surface area contributed by atoms with E-state index in [4.69, 9.17) is 29.4 Å². The number of ether oxygens (including phenoxy) is 2. The second-order valence-electron chi connectivity index (χ2n) is 12.2. The van der Waals surface area contributed by atoms with Gasteiger partial charge in [-0.15, -0.1) is 0 Å². The van der Waals surface area contributed by atoms with Crippen molar-refractivity contribution in [1.29, 1.82) is 0 Å². The van der Waals surface area contributed by atoms with E-state index < -0.39 is 5.60 Å². The van der Waals surface area contributed by atoms with Gasteiger partial charge in [-0.05, 0) is 70.7 Å². The topological polar surface area (TPSA) is 107 Å². The first-order valence-electron chi connectivity index (χ1n) is 15.0. The fraction of sp³-hybridized carbons (Fsp3) is 0.600. The van der Waals surface area contributed by atoms with Gasteiger partial charge in [0.15, 0.2) is 17.0 Å². The first-order chi connectivity index (χ1) is 19.9. The molecule has 11 heteroatoms. The molecule has 3 fully saturated rings. The maximum Gasteiger partial charge on any atom is 0.239 e. The normalized spacial score (nSPS) is 21.5. The highest BCUT2D eigenvalue weighted by molar-refractivity contribution is 5.86. The van der Waals surface area contributed by atoms with Gasteiger partial charge in [0.2, 0.25) is 5.95 Å². The summed E-state index contributed by atoms with van der Waals surface area (Å²) in [6.45, 7) is 10.0. The van der Waals surface area contributed by atoms with Gasteiger partial charge in [-0.25, -0.2) is 9.97 Å². The Balaban J connectivity index is 1.31. The summed E-state index contributed by atoms with van der Waals surface area (Å²) in [6, 6.07) is 8.16. The van der Waals surface area contributed by atoms with E-state index in [1.165, 1.54) is 0 Å². The predicted octanol–water partition coefficient (Wildman–Crippen LogP) is 3.37. The van der Waals surface area contributed by atoms with Crippen LogP contribution in [0.15, 0.2) is 24.3 Å². The van der Waals surface area contributed by atoms with Gasteiger partial charge in [0, 0.05) is 26.7 Å². The van der Waals surface area contributed by atoms with E-state index in [0.717, 1.165) is 105 Å². The van der Waals surface area contributed by atoms with Crippen LogP contribution in [0.4, 0.5) is 5.82 Å². The smallest absolute Gasteiger partial charge is 0.239 e. The average molecular weight is 561 g/mol. The summed E-state index contributed by atoms with van der Waals surface area (Å²) in [5.74, 6) is 3.58. The minimum Gasteiger partial charge on any atom is -0.390 e. The molecular formula is C30H40N8O3. The first kappa shape index (κ1) is 26.8. The van der Waals surface area contributed by atoms with Crippen LogP contribution in [0.1, 0.15) is 57.3 Å². The molecule has 0 unspecified atom stereocenters. The van der Waals surface area contributed by atoms with Crippen molar-refractivity contribution in [2.24, 2.45) is 13.0 Å². The summed E-state index contributed by atoms with van der Waals surface area (Å²) in [6.07, 6.45) is 3.83. The fourth-order valence-corrected chi connectivity index (χ4v) is 6.57. The molecule has 0 radical (unpaired) electrons. The van der Waals surface area contributed by atoms with Crippen LogP contribution < -0.4 is 4.90 Å². The maximum absolute atomic E-state index is 10.5. The summed E-state index contributed by atoms with van der Waals surface area (Å²) in [5, 5.41) is 10.5. The molecule has 41 heavy (non-hydrogen) atoms. The predicted molar refractivity (Wildman–Crippen MR) is 156 cm³/mol. The SMILES string of the molecule is Cn1c(CN2CCC(C(C)(C)O)CC2)nc2c(N3CCOCC3)nc(-n3c([C@@H]4CCCO4)nc4ccccc43)nc21. The van der Waals surface area contributed by atoms with Crippen LogP contribution in [0.25, 0.3) is 28.1 Å². The van der Waals surface area contributed by atoms with Crippen molar-refractivity contribution < 1.29 is 14.6 Å². The van der Waals surface area contributed by atoms with Gasteiger partial charge in [-0.1, -0.05) is 12.1 Å². The number of nitrogens with zero attached hydrogens (tertiary/aromatic N) is 8. The van der Waals surface area contributed by atoms with E-state index >= 15 is 0 Å². The van der Waals surface area contributed by atoms with Crippen LogP contribution >= 0.6 is 0 Å². The number of likely N-dealkylation sites (tertiary alicyclic amines) is 1. The van der Waals surface area contributed by atoms with E-state index in [1.807, 2.05) is 32.0 Å². The number of imidazole rings is 2. The number of hydrogen-bond acceptors (Lipinski definition) is 9. The molecule has 1 atom stereocenters. The van der Waals surface area contributed by atoms with Gasteiger partial charge in [0.25, 0.3) is 0 Å². The largest absolute Gasteiger partial charge is 0.390 e. The molecular weight excluding hydrogens is 520 g/mol. The Bertz CT molecular complexity index is 1540. The zero-order chi connectivity index (χ0) is 28.1. The third-order valence-corrected chi connectivity index (χ3v) is 9.05.